The monoisotopic (exact) mass is 530 g/mol. The Bertz CT molecular complexity index is 1440. The van der Waals surface area contributed by atoms with Crippen LogP contribution in [0.1, 0.15) is 38.8 Å². The van der Waals surface area contributed by atoms with Crippen molar-refractivity contribution in [2.24, 2.45) is 5.73 Å². The number of nitrogens with one attached hydrogen (secondary N) is 2. The number of alkyl carbamates (subject to hydrolysis) is 1. The van der Waals surface area contributed by atoms with Gasteiger partial charge in [0.05, 0.1) is 6.42 Å². The number of para-hydroxylation sites is 1. The molecule has 0 aliphatic rings. The first-order valence-electron chi connectivity index (χ1n) is 12.0. The van der Waals surface area contributed by atoms with E-state index in [9.17, 15) is 24.3 Å². The number of hydrogen-bond acceptors (Lipinski definition) is 6. The number of ether oxygens (including phenoxy) is 1. The molecule has 0 radical (unpaired) electrons. The van der Waals surface area contributed by atoms with Crippen molar-refractivity contribution in [3.05, 3.63) is 72.3 Å². The van der Waals surface area contributed by atoms with Gasteiger partial charge in [-0.05, 0) is 49.7 Å². The standard InChI is InChI=1S/C29H30N4O6/c1-5-33(27(37)22(17-24(30)35)32-28(38)39-29(2,3)4)25(21-12-8-9-13-23(21)34)26(36)31-20-15-14-18-10-6-7-11-19(18)16-20/h1,6-16,22,25,34H,17H2,2-4H3,(H2,30,35)(H,31,36)(H,32,38). The molecule has 0 saturated carbocycles. The topological polar surface area (TPSA) is 151 Å². The fourth-order valence-electron chi connectivity index (χ4n) is 3.88. The van der Waals surface area contributed by atoms with Gasteiger partial charge in [-0.1, -0.05) is 55.0 Å². The first kappa shape index (κ1) is 28.5. The molecule has 10 heteroatoms. The minimum atomic E-state index is -1.55. The number of anilines is 1. The third kappa shape index (κ3) is 7.49. The lowest BCUT2D eigenvalue weighted by atomic mass is 10.0. The second kappa shape index (κ2) is 12.0. The van der Waals surface area contributed by atoms with E-state index >= 15 is 0 Å². The lowest BCUT2D eigenvalue weighted by Gasteiger charge is -2.30. The van der Waals surface area contributed by atoms with Crippen LogP contribution in [-0.4, -0.2) is 45.5 Å². The van der Waals surface area contributed by atoms with E-state index in [0.29, 0.717) is 10.6 Å². The number of nitrogens with two attached hydrogens (primary N) is 1. The third-order valence-electron chi connectivity index (χ3n) is 5.53. The first-order valence-corrected chi connectivity index (χ1v) is 12.0. The van der Waals surface area contributed by atoms with Crippen LogP contribution in [0, 0.1) is 12.5 Å². The highest BCUT2D eigenvalue weighted by Gasteiger charge is 2.37. The van der Waals surface area contributed by atoms with E-state index in [1.165, 1.54) is 12.1 Å². The maximum Gasteiger partial charge on any atom is 0.408 e. The molecule has 2 unspecified atom stereocenters. The summed E-state index contributed by atoms with van der Waals surface area (Å²) in [6.07, 6.45) is 4.10. The summed E-state index contributed by atoms with van der Waals surface area (Å²) in [5.74, 6) is -2.92. The van der Waals surface area contributed by atoms with Crippen LogP contribution in [-0.2, 0) is 19.1 Å². The quantitative estimate of drug-likeness (QED) is 0.259. The van der Waals surface area contributed by atoms with E-state index in [2.05, 4.69) is 16.7 Å². The van der Waals surface area contributed by atoms with Crippen molar-refractivity contribution in [2.75, 3.05) is 5.32 Å². The summed E-state index contributed by atoms with van der Waals surface area (Å²) in [6, 6.07) is 17.7. The molecule has 4 amide bonds. The van der Waals surface area contributed by atoms with Gasteiger partial charge < -0.3 is 26.2 Å². The highest BCUT2D eigenvalue weighted by atomic mass is 16.6. The summed E-state index contributed by atoms with van der Waals surface area (Å²) in [5, 5.41) is 17.4. The Kier molecular flexibility index (Phi) is 8.78. The summed E-state index contributed by atoms with van der Waals surface area (Å²) >= 11 is 0. The lowest BCUT2D eigenvalue weighted by Crippen LogP contribution is -2.52. The van der Waals surface area contributed by atoms with Crippen LogP contribution in [0.2, 0.25) is 0 Å². The smallest absolute Gasteiger partial charge is 0.408 e. The highest BCUT2D eigenvalue weighted by molar-refractivity contribution is 6.01. The van der Waals surface area contributed by atoms with E-state index in [1.807, 2.05) is 30.3 Å². The number of terminal acetylenes is 1. The van der Waals surface area contributed by atoms with Crippen LogP contribution >= 0.6 is 0 Å². The molecule has 3 rings (SSSR count). The van der Waals surface area contributed by atoms with E-state index in [-0.39, 0.29) is 11.3 Å². The number of amides is 4. The second-order valence-electron chi connectivity index (χ2n) is 9.72. The van der Waals surface area contributed by atoms with E-state index in [0.717, 1.165) is 10.8 Å². The normalized spacial score (nSPS) is 12.5. The van der Waals surface area contributed by atoms with Crippen molar-refractivity contribution in [1.29, 1.82) is 0 Å². The van der Waals surface area contributed by atoms with Crippen molar-refractivity contribution >= 4 is 40.3 Å². The maximum absolute atomic E-state index is 13.6. The lowest BCUT2D eigenvalue weighted by molar-refractivity contribution is -0.138. The Balaban J connectivity index is 1.99. The molecule has 0 aliphatic carbocycles. The number of primary amides is 1. The Morgan fingerprint density at radius 3 is 2.28 bits per heavy atom. The van der Waals surface area contributed by atoms with Gasteiger partial charge in [0.1, 0.15) is 17.4 Å². The largest absolute Gasteiger partial charge is 0.508 e. The van der Waals surface area contributed by atoms with Gasteiger partial charge in [0, 0.05) is 17.3 Å². The van der Waals surface area contributed by atoms with Gasteiger partial charge in [-0.15, -0.1) is 0 Å². The van der Waals surface area contributed by atoms with Gasteiger partial charge in [-0.25, -0.2) is 4.79 Å². The van der Waals surface area contributed by atoms with E-state index < -0.39 is 47.9 Å². The van der Waals surface area contributed by atoms with Gasteiger partial charge >= 0.3 is 6.09 Å². The molecular weight excluding hydrogens is 500 g/mol. The van der Waals surface area contributed by atoms with Gasteiger partial charge in [-0.3, -0.25) is 19.3 Å². The molecule has 2 atom stereocenters. The fourth-order valence-corrected chi connectivity index (χ4v) is 3.88. The van der Waals surface area contributed by atoms with Gasteiger partial charge in [0.25, 0.3) is 11.8 Å². The number of fused-ring (bicyclic) bond motifs is 1. The van der Waals surface area contributed by atoms with Crippen molar-refractivity contribution in [1.82, 2.24) is 10.2 Å². The molecule has 10 nitrogen and oxygen atoms in total. The Labute approximate surface area is 226 Å². The van der Waals surface area contributed by atoms with Crippen molar-refractivity contribution in [3.8, 4) is 18.2 Å². The van der Waals surface area contributed by atoms with Crippen molar-refractivity contribution in [2.45, 2.75) is 44.9 Å². The number of hydrogen-bond donors (Lipinski definition) is 4. The van der Waals surface area contributed by atoms with Gasteiger partial charge in [-0.2, -0.15) is 0 Å². The summed E-state index contributed by atoms with van der Waals surface area (Å²) < 4.78 is 5.20. The number of benzene rings is 3. The van der Waals surface area contributed by atoms with Crippen LogP contribution in [0.15, 0.2) is 66.7 Å². The fraction of sp³-hybridized carbons (Fsp3) is 0.241. The predicted octanol–water partition coefficient (Wildman–Crippen LogP) is 3.41. The van der Waals surface area contributed by atoms with Gasteiger partial charge in [0.15, 0.2) is 6.04 Å². The minimum Gasteiger partial charge on any atom is -0.508 e. The zero-order valence-corrected chi connectivity index (χ0v) is 21.8. The molecule has 0 fully saturated rings. The van der Waals surface area contributed by atoms with E-state index in [4.69, 9.17) is 16.9 Å². The predicted molar refractivity (Wildman–Crippen MR) is 146 cm³/mol. The number of carbonyl (C=O) groups is 4. The molecule has 0 aromatic heterocycles. The number of rotatable bonds is 8. The highest BCUT2D eigenvalue weighted by Crippen LogP contribution is 2.31. The number of phenols is 1. The number of nitrogens with zero attached hydrogens (tertiary/aromatic N) is 1. The number of carbonyl (C=O) groups excluding carboxylic acids is 4. The minimum absolute atomic E-state index is 0.0252. The van der Waals surface area contributed by atoms with Crippen LogP contribution < -0.4 is 16.4 Å². The summed E-state index contributed by atoms with van der Waals surface area (Å²) in [7, 11) is 0. The van der Waals surface area contributed by atoms with Gasteiger partial charge in [0.2, 0.25) is 5.91 Å². The summed E-state index contributed by atoms with van der Waals surface area (Å²) in [5.41, 5.74) is 4.87. The van der Waals surface area contributed by atoms with Crippen LogP contribution in [0.25, 0.3) is 10.8 Å². The van der Waals surface area contributed by atoms with Crippen LogP contribution in [0.4, 0.5) is 10.5 Å². The zero-order valence-electron chi connectivity index (χ0n) is 21.8. The molecule has 0 bridgehead atoms. The van der Waals surface area contributed by atoms with Crippen molar-refractivity contribution in [3.63, 3.8) is 0 Å². The van der Waals surface area contributed by atoms with Crippen molar-refractivity contribution < 1.29 is 29.0 Å². The van der Waals surface area contributed by atoms with Crippen LogP contribution in [0.5, 0.6) is 5.75 Å². The molecule has 3 aromatic carbocycles. The molecule has 0 heterocycles. The average Bonchev–Trinajstić information content (AvgIpc) is 2.85. The summed E-state index contributed by atoms with van der Waals surface area (Å²) in [4.78, 5) is 52.1. The molecule has 5 N–H and O–H groups in total. The number of aromatic hydroxyl groups is 1. The van der Waals surface area contributed by atoms with Crippen LogP contribution in [0.3, 0.4) is 0 Å². The molecule has 0 spiro atoms. The Hall–Kier alpha value is -5.04. The molecule has 0 aliphatic heterocycles. The number of phenolic OH excluding ortho intramolecular Hbond substituents is 1. The molecule has 39 heavy (non-hydrogen) atoms. The molecule has 3 aromatic rings. The second-order valence-corrected chi connectivity index (χ2v) is 9.72. The molecular formula is C29H30N4O6. The third-order valence-corrected chi connectivity index (χ3v) is 5.53. The first-order chi connectivity index (χ1) is 18.4. The Morgan fingerprint density at radius 2 is 1.67 bits per heavy atom. The molecule has 0 saturated heterocycles. The molecule has 202 valence electrons. The summed E-state index contributed by atoms with van der Waals surface area (Å²) in [6.45, 7) is 4.86. The Morgan fingerprint density at radius 1 is 1.03 bits per heavy atom. The average molecular weight is 531 g/mol. The van der Waals surface area contributed by atoms with E-state index in [1.54, 1.807) is 45.0 Å². The maximum atomic E-state index is 13.6. The SMILES string of the molecule is C#CN(C(=O)C(CC(N)=O)NC(=O)OC(C)(C)C)C(C(=O)Nc1ccc2ccccc2c1)c1ccccc1O. The zero-order chi connectivity index (χ0) is 28.7.